The summed E-state index contributed by atoms with van der Waals surface area (Å²) in [6, 6.07) is 5.72. The average molecular weight is 395 g/mol. The molecule has 3 heterocycles. The lowest BCUT2D eigenvalue weighted by Gasteiger charge is -2.52. The fraction of sp³-hybridized carbons (Fsp3) is 0.571. The Balaban J connectivity index is 1.85. The molecule has 0 unspecified atom stereocenters. The van der Waals surface area contributed by atoms with Gasteiger partial charge in [-0.15, -0.1) is 0 Å². The molecule has 0 radical (unpaired) electrons. The molecule has 1 aromatic rings. The Morgan fingerprint density at radius 1 is 1.21 bits per heavy atom. The third-order valence-electron chi connectivity index (χ3n) is 3.76. The number of benzene rings is 1. The van der Waals surface area contributed by atoms with Crippen LogP contribution in [0.5, 0.6) is 0 Å². The average Bonchev–Trinajstić information content (AvgIpc) is 2.44. The normalized spacial score (nSPS) is 33.6. The summed E-state index contributed by atoms with van der Waals surface area (Å²) in [5.41, 5.74) is 0.918. The molecular formula is C14H16ClIO3. The van der Waals surface area contributed by atoms with Crippen LogP contribution in [-0.2, 0) is 20.2 Å². The summed E-state index contributed by atoms with van der Waals surface area (Å²) in [5, 5.41) is 0.729. The Morgan fingerprint density at radius 2 is 1.84 bits per heavy atom. The molecule has 0 saturated carbocycles. The largest absolute Gasteiger partial charge is 0.323 e. The van der Waals surface area contributed by atoms with E-state index >= 15 is 0 Å². The molecule has 0 N–H and O–H groups in total. The molecule has 3 fully saturated rings. The summed E-state index contributed by atoms with van der Waals surface area (Å²) < 4.78 is 18.7. The summed E-state index contributed by atoms with van der Waals surface area (Å²) in [6.07, 6.45) is 2.18. The van der Waals surface area contributed by atoms with E-state index in [2.05, 4.69) is 29.5 Å². The van der Waals surface area contributed by atoms with Crippen molar-refractivity contribution in [3.8, 4) is 0 Å². The molecule has 2 bridgehead atoms. The van der Waals surface area contributed by atoms with Gasteiger partial charge in [0.15, 0.2) is 0 Å². The van der Waals surface area contributed by atoms with Crippen LogP contribution < -0.4 is 0 Å². The molecule has 0 aromatic heterocycles. The van der Waals surface area contributed by atoms with Gasteiger partial charge in [0.05, 0.1) is 24.8 Å². The van der Waals surface area contributed by atoms with Gasteiger partial charge in [-0.3, -0.25) is 0 Å². The quantitative estimate of drug-likeness (QED) is 0.727. The van der Waals surface area contributed by atoms with Crippen LogP contribution in [0.15, 0.2) is 18.2 Å². The highest BCUT2D eigenvalue weighted by molar-refractivity contribution is 14.1. The van der Waals surface area contributed by atoms with Crippen molar-refractivity contribution in [2.45, 2.75) is 25.7 Å². The van der Waals surface area contributed by atoms with E-state index in [1.165, 1.54) is 0 Å². The van der Waals surface area contributed by atoms with Gasteiger partial charge in [0.2, 0.25) is 0 Å². The minimum absolute atomic E-state index is 0.0378. The van der Waals surface area contributed by atoms with Crippen LogP contribution >= 0.6 is 34.2 Å². The van der Waals surface area contributed by atoms with Crippen molar-refractivity contribution in [1.82, 2.24) is 0 Å². The summed E-state index contributed by atoms with van der Waals surface area (Å²) in [5.74, 6) is -1.03. The van der Waals surface area contributed by atoms with Gasteiger partial charge in [-0.05, 0) is 47.2 Å². The van der Waals surface area contributed by atoms with Crippen LogP contribution in [0.3, 0.4) is 0 Å². The second kappa shape index (κ2) is 5.15. The van der Waals surface area contributed by atoms with Gasteiger partial charge >= 0.3 is 5.97 Å². The molecule has 3 aliphatic heterocycles. The summed E-state index contributed by atoms with van der Waals surface area (Å²) >= 11 is 8.25. The van der Waals surface area contributed by atoms with Crippen LogP contribution in [0, 0.1) is 8.99 Å². The van der Waals surface area contributed by atoms with E-state index in [1.54, 1.807) is 0 Å². The first-order valence-electron chi connectivity index (χ1n) is 6.47. The summed E-state index contributed by atoms with van der Waals surface area (Å²) in [6.45, 7) is 4.26. The molecule has 0 amide bonds. The minimum Gasteiger partial charge on any atom is -0.323 e. The van der Waals surface area contributed by atoms with Gasteiger partial charge in [-0.2, -0.15) is 0 Å². The number of fused-ring (bicyclic) bond motifs is 3. The Kier molecular flexibility index (Phi) is 3.81. The maximum atomic E-state index is 6.05. The van der Waals surface area contributed by atoms with Gasteiger partial charge in [-0.1, -0.05) is 24.9 Å². The first kappa shape index (κ1) is 14.1. The molecule has 0 aliphatic carbocycles. The van der Waals surface area contributed by atoms with E-state index in [0.717, 1.165) is 27.0 Å². The monoisotopic (exact) mass is 394 g/mol. The molecule has 4 rings (SSSR count). The zero-order chi connectivity index (χ0) is 13.5. The molecule has 3 saturated heterocycles. The number of halogens is 2. The van der Waals surface area contributed by atoms with E-state index in [1.807, 2.05) is 18.2 Å². The molecule has 3 nitrogen and oxygen atoms in total. The summed E-state index contributed by atoms with van der Waals surface area (Å²) in [7, 11) is 0. The standard InChI is InChI=1S/C14H16ClIO3/c1-2-5-13-7-17-14(18-8-13,19-9-13)10-3-4-11(15)12(16)6-10/h3-4,6H,2,5,7-9H2,1H3. The molecule has 104 valence electrons. The highest BCUT2D eigenvalue weighted by Crippen LogP contribution is 2.46. The topological polar surface area (TPSA) is 27.7 Å². The SMILES string of the molecule is CCCC12COC(c3ccc(Cl)c(I)c3)(OC1)OC2. The van der Waals surface area contributed by atoms with E-state index in [9.17, 15) is 0 Å². The van der Waals surface area contributed by atoms with Crippen molar-refractivity contribution in [1.29, 1.82) is 0 Å². The second-order valence-corrected chi connectivity index (χ2v) is 6.87. The summed E-state index contributed by atoms with van der Waals surface area (Å²) in [4.78, 5) is 0. The lowest BCUT2D eigenvalue weighted by Crippen LogP contribution is -2.58. The number of hydrogen-bond acceptors (Lipinski definition) is 3. The van der Waals surface area contributed by atoms with E-state index in [0.29, 0.717) is 19.8 Å². The van der Waals surface area contributed by atoms with Crippen molar-refractivity contribution in [3.63, 3.8) is 0 Å². The molecular weight excluding hydrogens is 379 g/mol. The first-order valence-corrected chi connectivity index (χ1v) is 7.92. The number of ether oxygens (including phenoxy) is 3. The Hall–Kier alpha value is 0.120. The lowest BCUT2D eigenvalue weighted by atomic mass is 9.84. The fourth-order valence-corrected chi connectivity index (χ4v) is 3.31. The maximum absolute atomic E-state index is 6.05. The zero-order valence-electron chi connectivity index (χ0n) is 10.7. The predicted octanol–water partition coefficient (Wildman–Crippen LogP) is 3.92. The van der Waals surface area contributed by atoms with Crippen LogP contribution in [0.2, 0.25) is 5.02 Å². The van der Waals surface area contributed by atoms with E-state index in [4.69, 9.17) is 25.8 Å². The molecule has 0 spiro atoms. The van der Waals surface area contributed by atoms with Gasteiger partial charge in [0.25, 0.3) is 0 Å². The second-order valence-electron chi connectivity index (χ2n) is 5.30. The van der Waals surface area contributed by atoms with Crippen LogP contribution in [0.25, 0.3) is 0 Å². The first-order chi connectivity index (χ1) is 9.09. The smallest absolute Gasteiger partial charge is 0.312 e. The van der Waals surface area contributed by atoms with Crippen LogP contribution in [0.1, 0.15) is 25.3 Å². The fourth-order valence-electron chi connectivity index (χ4n) is 2.68. The minimum atomic E-state index is -1.03. The molecule has 3 aliphatic rings. The predicted molar refractivity (Wildman–Crippen MR) is 81.0 cm³/mol. The number of rotatable bonds is 3. The number of hydrogen-bond donors (Lipinski definition) is 0. The van der Waals surface area contributed by atoms with Crippen LogP contribution in [-0.4, -0.2) is 19.8 Å². The van der Waals surface area contributed by atoms with Gasteiger partial charge in [0.1, 0.15) is 0 Å². The van der Waals surface area contributed by atoms with Crippen molar-refractivity contribution in [3.05, 3.63) is 32.4 Å². The van der Waals surface area contributed by atoms with Crippen molar-refractivity contribution in [2.75, 3.05) is 19.8 Å². The van der Waals surface area contributed by atoms with Crippen molar-refractivity contribution < 1.29 is 14.2 Å². The van der Waals surface area contributed by atoms with E-state index in [-0.39, 0.29) is 5.41 Å². The highest BCUT2D eigenvalue weighted by atomic mass is 127. The van der Waals surface area contributed by atoms with Gasteiger partial charge in [0, 0.05) is 14.5 Å². The Labute approximate surface area is 131 Å². The lowest BCUT2D eigenvalue weighted by molar-refractivity contribution is -0.480. The van der Waals surface area contributed by atoms with Gasteiger partial charge in [-0.25, -0.2) is 0 Å². The van der Waals surface area contributed by atoms with Crippen molar-refractivity contribution in [2.24, 2.45) is 5.41 Å². The zero-order valence-corrected chi connectivity index (χ0v) is 13.7. The Morgan fingerprint density at radius 3 is 2.37 bits per heavy atom. The third-order valence-corrected chi connectivity index (χ3v) is 5.30. The third kappa shape index (κ3) is 2.42. The van der Waals surface area contributed by atoms with Crippen LogP contribution in [0.4, 0.5) is 0 Å². The molecule has 1 aromatic carbocycles. The molecule has 0 atom stereocenters. The molecule has 19 heavy (non-hydrogen) atoms. The Bertz CT molecular complexity index is 467. The highest BCUT2D eigenvalue weighted by Gasteiger charge is 2.53. The van der Waals surface area contributed by atoms with E-state index < -0.39 is 5.97 Å². The van der Waals surface area contributed by atoms with Gasteiger partial charge < -0.3 is 14.2 Å². The molecule has 5 heteroatoms. The van der Waals surface area contributed by atoms with Crippen molar-refractivity contribution >= 4 is 34.2 Å². The maximum Gasteiger partial charge on any atom is 0.312 e.